The largest absolute Gasteiger partial charge is 0.465 e. The summed E-state index contributed by atoms with van der Waals surface area (Å²) >= 11 is 0. The average molecular weight is 354 g/mol. The van der Waals surface area contributed by atoms with Crippen LogP contribution in [0.25, 0.3) is 0 Å². The van der Waals surface area contributed by atoms with Crippen molar-refractivity contribution in [3.63, 3.8) is 0 Å². The van der Waals surface area contributed by atoms with Gasteiger partial charge in [-0.3, -0.25) is 4.79 Å². The van der Waals surface area contributed by atoms with Gasteiger partial charge in [0.05, 0.1) is 12.7 Å². The quantitative estimate of drug-likeness (QED) is 0.763. The Morgan fingerprint density at radius 2 is 1.77 bits per heavy atom. The molecule has 2 aromatic rings. The Morgan fingerprint density at radius 3 is 2.46 bits per heavy atom. The molecular weight excluding hydrogens is 328 g/mol. The van der Waals surface area contributed by atoms with Crippen molar-refractivity contribution in [3.05, 3.63) is 59.7 Å². The number of anilines is 2. The molecule has 138 valence electrons. The molecule has 0 bridgehead atoms. The highest BCUT2D eigenvalue weighted by Crippen LogP contribution is 2.29. The fourth-order valence-electron chi connectivity index (χ4n) is 2.67. The molecule has 0 aliphatic rings. The number of methoxy groups -OCH3 is 1. The number of rotatable bonds is 6. The van der Waals surface area contributed by atoms with E-state index in [1.165, 1.54) is 12.7 Å². The molecule has 2 rings (SSSR count). The van der Waals surface area contributed by atoms with Gasteiger partial charge in [-0.05, 0) is 35.2 Å². The van der Waals surface area contributed by atoms with Gasteiger partial charge in [-0.2, -0.15) is 0 Å². The summed E-state index contributed by atoms with van der Waals surface area (Å²) in [5, 5.41) is 6.15. The first-order chi connectivity index (χ1) is 12.3. The predicted molar refractivity (Wildman–Crippen MR) is 105 cm³/mol. The van der Waals surface area contributed by atoms with E-state index in [2.05, 4.69) is 42.2 Å². The maximum absolute atomic E-state index is 12.2. The number of ether oxygens (including phenoxy) is 1. The van der Waals surface area contributed by atoms with Crippen molar-refractivity contribution in [1.82, 2.24) is 0 Å². The molecule has 5 nitrogen and oxygen atoms in total. The molecule has 0 radical (unpaired) electrons. The van der Waals surface area contributed by atoms with E-state index in [-0.39, 0.29) is 11.3 Å². The van der Waals surface area contributed by atoms with Crippen LogP contribution in [0.15, 0.2) is 48.5 Å². The molecule has 0 saturated carbocycles. The molecule has 0 atom stereocenters. The molecule has 5 heteroatoms. The van der Waals surface area contributed by atoms with Crippen molar-refractivity contribution in [2.24, 2.45) is 0 Å². The lowest BCUT2D eigenvalue weighted by Crippen LogP contribution is -2.19. The van der Waals surface area contributed by atoms with Crippen LogP contribution in [-0.4, -0.2) is 25.5 Å². The van der Waals surface area contributed by atoms with Gasteiger partial charge in [0.1, 0.15) is 0 Å². The molecule has 1 amide bonds. The predicted octanol–water partition coefficient (Wildman–Crippen LogP) is 4.21. The minimum absolute atomic E-state index is 0.0280. The number of nitrogens with one attached hydrogen (secondary N) is 2. The van der Waals surface area contributed by atoms with Crippen LogP contribution >= 0.6 is 0 Å². The van der Waals surface area contributed by atoms with Gasteiger partial charge in [-0.15, -0.1) is 0 Å². The molecule has 0 unspecified atom stereocenters. The summed E-state index contributed by atoms with van der Waals surface area (Å²) in [4.78, 5) is 23.7. The molecular formula is C21H26N2O3. The van der Waals surface area contributed by atoms with E-state index >= 15 is 0 Å². The standard InChI is InChI=1S/C21H26N2O3/c1-21(2,3)17-10-5-6-11-18(17)22-13-12-19(24)23-16-9-7-8-15(14-16)20(25)26-4/h5-11,14,22H,12-13H2,1-4H3,(H,23,24). The zero-order valence-electron chi connectivity index (χ0n) is 15.8. The van der Waals surface area contributed by atoms with Crippen LogP contribution in [0.2, 0.25) is 0 Å². The third-order valence-corrected chi connectivity index (χ3v) is 3.97. The molecule has 0 aliphatic carbocycles. The average Bonchev–Trinajstić information content (AvgIpc) is 2.60. The van der Waals surface area contributed by atoms with Gasteiger partial charge in [0, 0.05) is 24.3 Å². The van der Waals surface area contributed by atoms with Crippen LogP contribution in [-0.2, 0) is 14.9 Å². The Bertz CT molecular complexity index is 779. The number of hydrogen-bond acceptors (Lipinski definition) is 4. The number of benzene rings is 2. The number of amides is 1. The lowest BCUT2D eigenvalue weighted by Gasteiger charge is -2.23. The molecule has 0 aliphatic heterocycles. The second-order valence-corrected chi connectivity index (χ2v) is 7.09. The molecule has 0 fully saturated rings. The Kier molecular flexibility index (Phi) is 6.39. The van der Waals surface area contributed by atoms with E-state index in [0.717, 1.165) is 5.69 Å². The molecule has 0 heterocycles. The monoisotopic (exact) mass is 354 g/mol. The van der Waals surface area contributed by atoms with Crippen molar-refractivity contribution >= 4 is 23.3 Å². The van der Waals surface area contributed by atoms with Crippen molar-refractivity contribution < 1.29 is 14.3 Å². The summed E-state index contributed by atoms with van der Waals surface area (Å²) in [7, 11) is 1.33. The number of carbonyl (C=O) groups is 2. The fourth-order valence-corrected chi connectivity index (χ4v) is 2.67. The molecule has 2 N–H and O–H groups in total. The Morgan fingerprint density at radius 1 is 1.04 bits per heavy atom. The van der Waals surface area contributed by atoms with Crippen LogP contribution in [0.1, 0.15) is 43.1 Å². The lowest BCUT2D eigenvalue weighted by molar-refractivity contribution is -0.115. The number of para-hydroxylation sites is 1. The van der Waals surface area contributed by atoms with Crippen LogP contribution in [0, 0.1) is 0 Å². The normalized spacial score (nSPS) is 10.9. The first kappa shape index (κ1) is 19.5. The van der Waals surface area contributed by atoms with Gasteiger partial charge in [0.25, 0.3) is 0 Å². The van der Waals surface area contributed by atoms with Gasteiger partial charge in [-0.1, -0.05) is 45.0 Å². The summed E-state index contributed by atoms with van der Waals surface area (Å²) in [6.45, 7) is 7.01. The second kappa shape index (κ2) is 8.52. The topological polar surface area (TPSA) is 67.4 Å². The molecule has 2 aromatic carbocycles. The highest BCUT2D eigenvalue weighted by atomic mass is 16.5. The third kappa shape index (κ3) is 5.34. The van der Waals surface area contributed by atoms with Gasteiger partial charge >= 0.3 is 5.97 Å². The first-order valence-corrected chi connectivity index (χ1v) is 8.63. The Balaban J connectivity index is 1.92. The fraction of sp³-hybridized carbons (Fsp3) is 0.333. The van der Waals surface area contributed by atoms with Crippen LogP contribution in [0.4, 0.5) is 11.4 Å². The van der Waals surface area contributed by atoms with E-state index in [0.29, 0.717) is 24.2 Å². The third-order valence-electron chi connectivity index (χ3n) is 3.97. The van der Waals surface area contributed by atoms with E-state index in [4.69, 9.17) is 0 Å². The number of carbonyl (C=O) groups excluding carboxylic acids is 2. The Labute approximate surface area is 154 Å². The van der Waals surface area contributed by atoms with Crippen LogP contribution in [0.3, 0.4) is 0 Å². The summed E-state index contributed by atoms with van der Waals surface area (Å²) in [5.74, 6) is -0.547. The van der Waals surface area contributed by atoms with Gasteiger partial charge in [-0.25, -0.2) is 4.79 Å². The minimum Gasteiger partial charge on any atom is -0.465 e. The molecule has 26 heavy (non-hydrogen) atoms. The first-order valence-electron chi connectivity index (χ1n) is 8.63. The lowest BCUT2D eigenvalue weighted by atomic mass is 9.86. The molecule has 0 aromatic heterocycles. The highest BCUT2D eigenvalue weighted by molar-refractivity contribution is 5.94. The maximum atomic E-state index is 12.2. The van der Waals surface area contributed by atoms with E-state index in [1.807, 2.05) is 18.2 Å². The smallest absolute Gasteiger partial charge is 0.337 e. The van der Waals surface area contributed by atoms with Crippen molar-refractivity contribution in [2.75, 3.05) is 24.3 Å². The zero-order chi connectivity index (χ0) is 19.2. The van der Waals surface area contributed by atoms with E-state index in [9.17, 15) is 9.59 Å². The number of esters is 1. The zero-order valence-corrected chi connectivity index (χ0v) is 15.8. The Hall–Kier alpha value is -2.82. The van der Waals surface area contributed by atoms with Gasteiger partial charge < -0.3 is 15.4 Å². The van der Waals surface area contributed by atoms with Gasteiger partial charge in [0.2, 0.25) is 5.91 Å². The van der Waals surface area contributed by atoms with Gasteiger partial charge in [0.15, 0.2) is 0 Å². The SMILES string of the molecule is COC(=O)c1cccc(NC(=O)CCNc2ccccc2C(C)(C)C)c1. The van der Waals surface area contributed by atoms with Crippen molar-refractivity contribution in [1.29, 1.82) is 0 Å². The maximum Gasteiger partial charge on any atom is 0.337 e. The van der Waals surface area contributed by atoms with E-state index < -0.39 is 5.97 Å². The minimum atomic E-state index is -0.429. The molecule has 0 spiro atoms. The second-order valence-electron chi connectivity index (χ2n) is 7.09. The summed E-state index contributed by atoms with van der Waals surface area (Å²) in [6.07, 6.45) is 0.320. The summed E-state index contributed by atoms with van der Waals surface area (Å²) in [6, 6.07) is 14.8. The highest BCUT2D eigenvalue weighted by Gasteiger charge is 2.17. The number of hydrogen-bond donors (Lipinski definition) is 2. The van der Waals surface area contributed by atoms with Crippen molar-refractivity contribution in [3.8, 4) is 0 Å². The summed E-state index contributed by atoms with van der Waals surface area (Å²) in [5.41, 5.74) is 3.27. The molecule has 0 saturated heterocycles. The van der Waals surface area contributed by atoms with E-state index in [1.54, 1.807) is 24.3 Å². The van der Waals surface area contributed by atoms with Crippen molar-refractivity contribution in [2.45, 2.75) is 32.6 Å². The van der Waals surface area contributed by atoms with Crippen LogP contribution in [0.5, 0.6) is 0 Å². The van der Waals surface area contributed by atoms with Crippen LogP contribution < -0.4 is 10.6 Å². The summed E-state index contributed by atoms with van der Waals surface area (Å²) < 4.78 is 4.69.